The first kappa shape index (κ1) is 12.2. The Kier molecular flexibility index (Phi) is 3.63. The van der Waals surface area contributed by atoms with Gasteiger partial charge < -0.3 is 9.15 Å². The first-order valence-corrected chi connectivity index (χ1v) is 5.66. The van der Waals surface area contributed by atoms with Crippen molar-refractivity contribution in [1.82, 2.24) is 0 Å². The molecule has 1 aromatic heterocycles. The Morgan fingerprint density at radius 2 is 1.89 bits per heavy atom. The minimum absolute atomic E-state index is 0.413. The Balaban J connectivity index is 2.08. The molecule has 0 N–H and O–H groups in total. The summed E-state index contributed by atoms with van der Waals surface area (Å²) in [6, 6.07) is 9.28. The van der Waals surface area contributed by atoms with Crippen LogP contribution in [-0.4, -0.2) is 5.97 Å². The van der Waals surface area contributed by atoms with Gasteiger partial charge in [-0.2, -0.15) is 0 Å². The fourth-order valence-electron chi connectivity index (χ4n) is 1.63. The predicted octanol–water partition coefficient (Wildman–Crippen LogP) is 3.52. The maximum atomic E-state index is 11.7. The lowest BCUT2D eigenvalue weighted by Gasteiger charge is -2.08. The van der Waals surface area contributed by atoms with Crippen LogP contribution in [-0.2, 0) is 4.79 Å². The van der Waals surface area contributed by atoms with Crippen molar-refractivity contribution in [3.63, 3.8) is 0 Å². The molecule has 1 heterocycles. The molecule has 0 aliphatic heterocycles. The maximum absolute atomic E-state index is 11.7. The minimum atomic E-state index is -0.413. The van der Waals surface area contributed by atoms with E-state index in [1.54, 1.807) is 24.5 Å². The van der Waals surface area contributed by atoms with E-state index in [1.807, 2.05) is 32.0 Å². The van der Waals surface area contributed by atoms with Gasteiger partial charge in [0.2, 0.25) is 0 Å². The van der Waals surface area contributed by atoms with E-state index in [4.69, 9.17) is 9.15 Å². The predicted molar refractivity (Wildman–Crippen MR) is 69.3 cm³/mol. The molecule has 0 spiro atoms. The van der Waals surface area contributed by atoms with Crippen LogP contribution in [0.25, 0.3) is 6.08 Å². The Morgan fingerprint density at radius 1 is 1.17 bits per heavy atom. The highest BCUT2D eigenvalue weighted by Crippen LogP contribution is 2.22. The molecule has 2 aromatic rings. The molecule has 92 valence electrons. The summed E-state index contributed by atoms with van der Waals surface area (Å²) in [5, 5.41) is 0. The molecule has 0 radical (unpaired) electrons. The fourth-order valence-corrected chi connectivity index (χ4v) is 1.63. The van der Waals surface area contributed by atoms with Gasteiger partial charge in [0.25, 0.3) is 0 Å². The third-order valence-electron chi connectivity index (χ3n) is 2.54. The van der Waals surface area contributed by atoms with E-state index >= 15 is 0 Å². The molecule has 0 saturated carbocycles. The first-order chi connectivity index (χ1) is 8.66. The lowest BCUT2D eigenvalue weighted by molar-refractivity contribution is -0.129. The molecule has 0 atom stereocenters. The van der Waals surface area contributed by atoms with Crippen LogP contribution >= 0.6 is 0 Å². The Morgan fingerprint density at radius 3 is 2.50 bits per heavy atom. The van der Waals surface area contributed by atoms with Gasteiger partial charge in [-0.25, -0.2) is 4.79 Å². The van der Waals surface area contributed by atoms with E-state index < -0.39 is 5.97 Å². The van der Waals surface area contributed by atoms with Gasteiger partial charge in [-0.3, -0.25) is 0 Å². The van der Waals surface area contributed by atoms with Crippen molar-refractivity contribution in [1.29, 1.82) is 0 Å². The summed E-state index contributed by atoms with van der Waals surface area (Å²) in [5.41, 5.74) is 1.88. The van der Waals surface area contributed by atoms with Gasteiger partial charge in [0.15, 0.2) is 0 Å². The smallest absolute Gasteiger partial charge is 0.336 e. The van der Waals surface area contributed by atoms with Crippen LogP contribution in [0.5, 0.6) is 5.75 Å². The summed E-state index contributed by atoms with van der Waals surface area (Å²) in [7, 11) is 0. The number of rotatable bonds is 3. The number of ether oxygens (including phenoxy) is 1. The molecule has 3 heteroatoms. The van der Waals surface area contributed by atoms with Gasteiger partial charge >= 0.3 is 5.97 Å². The normalized spacial score (nSPS) is 10.8. The average molecular weight is 242 g/mol. The zero-order valence-electron chi connectivity index (χ0n) is 10.3. The standard InChI is InChI=1S/C15H14O3/c1-11-5-3-6-12(2)15(11)18-14(16)9-8-13-7-4-10-17-13/h3-10H,1-2H3/b9-8+. The van der Waals surface area contributed by atoms with Crippen molar-refractivity contribution in [3.8, 4) is 5.75 Å². The number of para-hydroxylation sites is 1. The molecular formula is C15H14O3. The highest BCUT2D eigenvalue weighted by Gasteiger charge is 2.07. The van der Waals surface area contributed by atoms with E-state index in [2.05, 4.69) is 0 Å². The van der Waals surface area contributed by atoms with Crippen LogP contribution < -0.4 is 4.74 Å². The highest BCUT2D eigenvalue weighted by molar-refractivity contribution is 5.88. The lowest BCUT2D eigenvalue weighted by Crippen LogP contribution is -2.06. The fraction of sp³-hybridized carbons (Fsp3) is 0.133. The van der Waals surface area contributed by atoms with Gasteiger partial charge in [-0.15, -0.1) is 0 Å². The van der Waals surface area contributed by atoms with Gasteiger partial charge in [0.1, 0.15) is 11.5 Å². The largest absolute Gasteiger partial charge is 0.465 e. The number of carbonyl (C=O) groups is 1. The lowest BCUT2D eigenvalue weighted by atomic mass is 10.1. The van der Waals surface area contributed by atoms with Crippen LogP contribution in [0.15, 0.2) is 47.1 Å². The number of esters is 1. The van der Waals surface area contributed by atoms with E-state index in [0.717, 1.165) is 11.1 Å². The Labute approximate surface area is 106 Å². The van der Waals surface area contributed by atoms with Crippen LogP contribution in [0.4, 0.5) is 0 Å². The third kappa shape index (κ3) is 2.88. The van der Waals surface area contributed by atoms with Crippen molar-refractivity contribution in [2.75, 3.05) is 0 Å². The topological polar surface area (TPSA) is 39.4 Å². The Hall–Kier alpha value is -2.29. The van der Waals surface area contributed by atoms with Crippen molar-refractivity contribution in [2.45, 2.75) is 13.8 Å². The van der Waals surface area contributed by atoms with Crippen LogP contribution in [0.3, 0.4) is 0 Å². The molecular weight excluding hydrogens is 228 g/mol. The molecule has 0 fully saturated rings. The summed E-state index contributed by atoms with van der Waals surface area (Å²) >= 11 is 0. The second kappa shape index (κ2) is 5.36. The molecule has 0 aliphatic rings. The minimum Gasteiger partial charge on any atom is -0.465 e. The molecule has 0 unspecified atom stereocenters. The summed E-state index contributed by atoms with van der Waals surface area (Å²) in [6.45, 7) is 3.82. The van der Waals surface area contributed by atoms with Crippen LogP contribution in [0.2, 0.25) is 0 Å². The number of carbonyl (C=O) groups excluding carboxylic acids is 1. The van der Waals surface area contributed by atoms with Crippen molar-refractivity contribution < 1.29 is 13.9 Å². The van der Waals surface area contributed by atoms with Gasteiger partial charge in [0, 0.05) is 6.08 Å². The number of furan rings is 1. The van der Waals surface area contributed by atoms with E-state index in [0.29, 0.717) is 11.5 Å². The SMILES string of the molecule is Cc1cccc(C)c1OC(=O)/C=C/c1ccco1. The van der Waals surface area contributed by atoms with Gasteiger partial charge in [-0.05, 0) is 43.2 Å². The molecule has 2 rings (SSSR count). The third-order valence-corrected chi connectivity index (χ3v) is 2.54. The van der Waals surface area contributed by atoms with E-state index in [-0.39, 0.29) is 0 Å². The van der Waals surface area contributed by atoms with E-state index in [1.165, 1.54) is 6.08 Å². The number of aryl methyl sites for hydroxylation is 2. The molecule has 3 nitrogen and oxygen atoms in total. The monoisotopic (exact) mass is 242 g/mol. The van der Waals surface area contributed by atoms with E-state index in [9.17, 15) is 4.79 Å². The second-order valence-corrected chi connectivity index (χ2v) is 3.99. The molecule has 0 amide bonds. The number of benzene rings is 1. The van der Waals surface area contributed by atoms with Crippen molar-refractivity contribution in [2.24, 2.45) is 0 Å². The average Bonchev–Trinajstić information content (AvgIpc) is 2.84. The molecule has 1 aromatic carbocycles. The summed E-state index contributed by atoms with van der Waals surface area (Å²) in [6.07, 6.45) is 4.48. The van der Waals surface area contributed by atoms with Gasteiger partial charge in [0.05, 0.1) is 6.26 Å². The molecule has 18 heavy (non-hydrogen) atoms. The molecule has 0 aliphatic carbocycles. The highest BCUT2D eigenvalue weighted by atomic mass is 16.5. The number of hydrogen-bond donors (Lipinski definition) is 0. The quantitative estimate of drug-likeness (QED) is 0.469. The zero-order valence-corrected chi connectivity index (χ0v) is 10.3. The summed E-state index contributed by atoms with van der Waals surface area (Å²) in [5.74, 6) is 0.823. The Bertz CT molecular complexity index is 545. The number of hydrogen-bond acceptors (Lipinski definition) is 3. The zero-order chi connectivity index (χ0) is 13.0. The van der Waals surface area contributed by atoms with Crippen LogP contribution in [0, 0.1) is 13.8 Å². The molecule has 0 bridgehead atoms. The first-order valence-electron chi connectivity index (χ1n) is 5.66. The van der Waals surface area contributed by atoms with Gasteiger partial charge in [-0.1, -0.05) is 18.2 Å². The summed E-state index contributed by atoms with van der Waals surface area (Å²) in [4.78, 5) is 11.7. The van der Waals surface area contributed by atoms with Crippen molar-refractivity contribution in [3.05, 3.63) is 59.6 Å². The second-order valence-electron chi connectivity index (χ2n) is 3.99. The maximum Gasteiger partial charge on any atom is 0.336 e. The summed E-state index contributed by atoms with van der Waals surface area (Å²) < 4.78 is 10.4. The molecule has 0 saturated heterocycles. The van der Waals surface area contributed by atoms with Crippen LogP contribution in [0.1, 0.15) is 16.9 Å². The van der Waals surface area contributed by atoms with Crippen molar-refractivity contribution >= 4 is 12.0 Å².